The number of quaternary nitrogens is 1. The SMILES string of the molecule is CC(=O)NC(CSC1CC(=O)N(CCCCN2C[C@H](O)[C@@H](O)[C@H](O)[C@H]2CO)C1=O)C(=O)NC(Cc1ccccc1)C(=O)NC(Cc1ccccc1)C(=O)NC(CCCC[NH3+])C(=O)NC(CC(=O)O)C(=O)NC(CCC(=O)O)C(=O)NC(CC(C)C)C(=O)O. The Morgan fingerprint density at radius 1 is 0.602 bits per heavy atom. The number of hydrogen-bond acceptors (Lipinski definition) is 18. The molecule has 2 heterocycles. The number of amides is 9. The molecule has 8 unspecified atom stereocenters. The fourth-order valence-electron chi connectivity index (χ4n) is 10.0. The monoisotopic (exact) mass is 1260 g/mol. The first-order chi connectivity index (χ1) is 41.7. The minimum atomic E-state index is -1.94. The first-order valence-electron chi connectivity index (χ1n) is 29.2. The normalized spacial score (nSPS) is 20.1. The van der Waals surface area contributed by atoms with Crippen molar-refractivity contribution < 1.29 is 99.0 Å². The lowest BCUT2D eigenvalue weighted by atomic mass is 9.94. The van der Waals surface area contributed by atoms with Crippen molar-refractivity contribution in [2.45, 2.75) is 170 Å². The number of carboxylic acids is 3. The van der Waals surface area contributed by atoms with Crippen molar-refractivity contribution in [2.24, 2.45) is 5.92 Å². The van der Waals surface area contributed by atoms with E-state index in [1.165, 1.54) is 0 Å². The molecule has 4 rings (SSSR count). The Morgan fingerprint density at radius 3 is 1.59 bits per heavy atom. The summed E-state index contributed by atoms with van der Waals surface area (Å²) in [5.41, 5.74) is 4.89. The number of benzene rings is 2. The standard InChI is InChI=1S/C58H84N10O19S/c1-32(2)24-41(58(86)87)66-52(80)37(19-20-47(73)74)62-55(83)40(27-48(75)76)65-51(79)36(18-10-11-21-59)61-53(81)38(25-34-14-6-4-7-15-34)63-54(82)39(26-35-16-8-5-9-17-35)64-56(84)42(60-33(3)70)31-88-45-28-46(72)68(57(45)85)23-13-12-22-67-29-44(71)50(78)49(77)43(67)30-69/h4-9,14-17,32,36-45,49-50,69,71,77-78H,10-13,18-31,59H2,1-3H3,(H,60,70)(H,61,81)(H,62,83)(H,63,82)(H,64,84)(H,65,79)(H,66,80)(H,73,74)(H,75,76)(H,86,87)/p+1/t36?,37?,38?,39?,40?,41?,42?,43-,44+,45?,49-,50-/m1/s1. The van der Waals surface area contributed by atoms with Gasteiger partial charge in [-0.05, 0) is 68.5 Å². The van der Waals surface area contributed by atoms with Crippen LogP contribution in [-0.4, -0.2) is 227 Å². The van der Waals surface area contributed by atoms with Gasteiger partial charge in [0.2, 0.25) is 53.2 Å². The molecule has 88 heavy (non-hydrogen) atoms. The molecular formula is C58H85N10O19S+. The first-order valence-corrected chi connectivity index (χ1v) is 30.3. The van der Waals surface area contributed by atoms with E-state index in [0.29, 0.717) is 36.9 Å². The van der Waals surface area contributed by atoms with Crippen LogP contribution in [0.1, 0.15) is 96.1 Å². The molecule has 12 atom stereocenters. The number of aliphatic carboxylic acids is 3. The maximum Gasteiger partial charge on any atom is 0.326 e. The predicted molar refractivity (Wildman–Crippen MR) is 315 cm³/mol. The number of nitrogens with zero attached hydrogens (tertiary/aromatic N) is 2. The summed E-state index contributed by atoms with van der Waals surface area (Å²) in [5.74, 6) is -12.6. The molecule has 2 aliphatic heterocycles. The number of carboxylic acid groups (broad SMARTS) is 3. The zero-order valence-corrected chi connectivity index (χ0v) is 50.4. The van der Waals surface area contributed by atoms with Crippen LogP contribution in [0.15, 0.2) is 60.7 Å². The number of nitrogens with one attached hydrogen (secondary N) is 7. The van der Waals surface area contributed by atoms with E-state index in [1.807, 2.05) is 0 Å². The summed E-state index contributed by atoms with van der Waals surface area (Å²) in [7, 11) is 0. The van der Waals surface area contributed by atoms with E-state index in [9.17, 15) is 93.3 Å². The smallest absolute Gasteiger partial charge is 0.326 e. The van der Waals surface area contributed by atoms with E-state index >= 15 is 0 Å². The summed E-state index contributed by atoms with van der Waals surface area (Å²) < 4.78 is 0. The Morgan fingerprint density at radius 2 is 1.09 bits per heavy atom. The molecule has 2 aromatic carbocycles. The number of carbonyl (C=O) groups is 12. The van der Waals surface area contributed by atoms with Crippen LogP contribution in [0.5, 0.6) is 0 Å². The highest BCUT2D eigenvalue weighted by Crippen LogP contribution is 2.27. The van der Waals surface area contributed by atoms with Crippen molar-refractivity contribution in [1.82, 2.24) is 47.0 Å². The van der Waals surface area contributed by atoms with Crippen molar-refractivity contribution in [1.29, 1.82) is 0 Å². The van der Waals surface area contributed by atoms with Gasteiger partial charge < -0.3 is 78.7 Å². The minimum Gasteiger partial charge on any atom is -0.481 e. The van der Waals surface area contributed by atoms with Crippen molar-refractivity contribution in [3.8, 4) is 0 Å². The fourth-order valence-corrected chi connectivity index (χ4v) is 11.2. The second kappa shape index (κ2) is 36.6. The van der Waals surface area contributed by atoms with Gasteiger partial charge in [0.05, 0.1) is 37.0 Å². The molecule has 30 heteroatoms. The van der Waals surface area contributed by atoms with Gasteiger partial charge >= 0.3 is 17.9 Å². The Labute approximate surface area is 513 Å². The Balaban J connectivity index is 1.55. The number of aliphatic hydroxyl groups is 4. The fraction of sp³-hybridized carbons (Fsp3) is 0.586. The van der Waals surface area contributed by atoms with Crippen LogP contribution in [0.25, 0.3) is 0 Å². The lowest BCUT2D eigenvalue weighted by molar-refractivity contribution is -0.368. The number of thioether (sulfide) groups is 1. The van der Waals surface area contributed by atoms with Gasteiger partial charge in [-0.1, -0.05) is 74.5 Å². The van der Waals surface area contributed by atoms with E-state index in [4.69, 9.17) is 0 Å². The van der Waals surface area contributed by atoms with Crippen LogP contribution in [0, 0.1) is 5.92 Å². The number of carbonyl (C=O) groups excluding carboxylic acids is 9. The molecule has 29 nitrogen and oxygen atoms in total. The molecular weight excluding hydrogens is 1170 g/mol. The molecule has 0 saturated carbocycles. The van der Waals surface area contributed by atoms with Crippen LogP contribution >= 0.6 is 11.8 Å². The molecule has 2 aromatic rings. The number of hydrogen-bond donors (Lipinski definition) is 15. The minimum absolute atomic E-state index is 0.0149. The van der Waals surface area contributed by atoms with Crippen molar-refractivity contribution in [3.05, 3.63) is 71.8 Å². The maximum atomic E-state index is 14.7. The van der Waals surface area contributed by atoms with Gasteiger partial charge in [0.15, 0.2) is 0 Å². The van der Waals surface area contributed by atoms with E-state index in [1.54, 1.807) is 79.4 Å². The van der Waals surface area contributed by atoms with Crippen molar-refractivity contribution in [2.75, 3.05) is 38.5 Å². The molecule has 2 fully saturated rings. The molecule has 2 saturated heterocycles. The van der Waals surface area contributed by atoms with Gasteiger partial charge in [-0.3, -0.25) is 62.5 Å². The number of unbranched alkanes of at least 4 members (excludes halogenated alkanes) is 2. The Hall–Kier alpha value is -7.61. The van der Waals surface area contributed by atoms with Gasteiger partial charge in [-0.2, -0.15) is 0 Å². The molecule has 0 radical (unpaired) electrons. The molecule has 0 spiro atoms. The number of piperidine rings is 1. The number of β-amino-alcohol motifs (C(OH)–C–C–N with tert-alkyl or cyclic N) is 1. The van der Waals surface area contributed by atoms with Gasteiger partial charge in [-0.25, -0.2) is 4.79 Å². The largest absolute Gasteiger partial charge is 0.481 e. The number of imide groups is 1. The number of rotatable bonds is 38. The Bertz CT molecular complexity index is 2710. The van der Waals surface area contributed by atoms with Crippen LogP contribution in [-0.2, 0) is 70.4 Å². The summed E-state index contributed by atoms with van der Waals surface area (Å²) in [6.07, 6.45) is -5.71. The van der Waals surface area contributed by atoms with E-state index in [-0.39, 0.29) is 69.8 Å². The second-order valence-corrected chi connectivity index (χ2v) is 23.5. The highest BCUT2D eigenvalue weighted by Gasteiger charge is 2.43. The van der Waals surface area contributed by atoms with E-state index < -0.39 is 169 Å². The zero-order chi connectivity index (χ0) is 65.2. The van der Waals surface area contributed by atoms with Gasteiger partial charge in [0, 0.05) is 51.4 Å². The number of aliphatic hydroxyl groups excluding tert-OH is 4. The summed E-state index contributed by atoms with van der Waals surface area (Å²) >= 11 is 0.935. The Kier molecular flexibility index (Phi) is 30.3. The lowest BCUT2D eigenvalue weighted by Gasteiger charge is -2.43. The predicted octanol–water partition coefficient (Wildman–Crippen LogP) is -3.83. The van der Waals surface area contributed by atoms with Crippen LogP contribution in [0.3, 0.4) is 0 Å². The van der Waals surface area contributed by atoms with E-state index in [0.717, 1.165) is 23.6 Å². The molecule has 2 aliphatic rings. The zero-order valence-electron chi connectivity index (χ0n) is 49.5. The van der Waals surface area contributed by atoms with Crippen molar-refractivity contribution in [3.63, 3.8) is 0 Å². The summed E-state index contributed by atoms with van der Waals surface area (Å²) in [6.45, 7) is 4.73. The highest BCUT2D eigenvalue weighted by atomic mass is 32.2. The molecule has 0 aromatic heterocycles. The number of likely N-dealkylation sites (tertiary alicyclic amines) is 2. The molecule has 17 N–H and O–H groups in total. The molecule has 486 valence electrons. The highest BCUT2D eigenvalue weighted by molar-refractivity contribution is 8.00. The van der Waals surface area contributed by atoms with Gasteiger partial charge in [-0.15, -0.1) is 11.8 Å². The third-order valence-electron chi connectivity index (χ3n) is 14.7. The first kappa shape index (κ1) is 72.9. The van der Waals surface area contributed by atoms with Gasteiger partial charge in [0.1, 0.15) is 54.5 Å². The topological polar surface area (TPSA) is 465 Å². The second-order valence-electron chi connectivity index (χ2n) is 22.3. The third-order valence-corrected chi connectivity index (χ3v) is 16.0. The van der Waals surface area contributed by atoms with E-state index in [2.05, 4.69) is 43.0 Å². The quantitative estimate of drug-likeness (QED) is 0.0226. The summed E-state index contributed by atoms with van der Waals surface area (Å²) in [5, 5.41) is 85.8. The third kappa shape index (κ3) is 23.8. The average Bonchev–Trinajstić information content (AvgIpc) is 2.92. The van der Waals surface area contributed by atoms with Crippen molar-refractivity contribution >= 4 is 82.8 Å². The maximum absolute atomic E-state index is 14.7. The summed E-state index contributed by atoms with van der Waals surface area (Å²) in [4.78, 5) is 163. The van der Waals surface area contributed by atoms with Crippen LogP contribution in [0.2, 0.25) is 0 Å². The average molecular weight is 1260 g/mol. The van der Waals surface area contributed by atoms with Gasteiger partial charge in [0.25, 0.3) is 0 Å². The molecule has 0 aliphatic carbocycles. The molecule has 0 bridgehead atoms. The lowest BCUT2D eigenvalue weighted by Crippen LogP contribution is -2.62. The summed E-state index contributed by atoms with van der Waals surface area (Å²) in [6, 6.07) is 5.05. The van der Waals surface area contributed by atoms with Crippen LogP contribution in [0.4, 0.5) is 0 Å². The molecule has 9 amide bonds. The van der Waals surface area contributed by atoms with Crippen LogP contribution < -0.4 is 43.0 Å².